The zero-order chi connectivity index (χ0) is 22.4. The maximum Gasteiger partial charge on any atom is 0.407 e. The van der Waals surface area contributed by atoms with Crippen molar-refractivity contribution in [1.29, 1.82) is 0 Å². The molecule has 4 rings (SSSR count). The topological polar surface area (TPSA) is 131 Å². The lowest BCUT2D eigenvalue weighted by molar-refractivity contribution is -0.115. The number of nitrogens with one attached hydrogen (secondary N) is 3. The molecule has 1 aliphatic carbocycles. The summed E-state index contributed by atoms with van der Waals surface area (Å²) in [6.45, 7) is 8.35. The highest BCUT2D eigenvalue weighted by Crippen LogP contribution is 2.35. The third-order valence-corrected chi connectivity index (χ3v) is 4.86. The van der Waals surface area contributed by atoms with E-state index in [1.807, 2.05) is 6.92 Å². The summed E-state index contributed by atoms with van der Waals surface area (Å²) in [5.41, 5.74) is 1.32. The number of ether oxygens (including phenoxy) is 2. The van der Waals surface area contributed by atoms with Gasteiger partial charge < -0.3 is 24.6 Å². The summed E-state index contributed by atoms with van der Waals surface area (Å²) >= 11 is 0. The quantitative estimate of drug-likeness (QED) is 0.616. The SMILES string of the molecule is CCC.Cc1cc(CC(=O)Nc2cc([C@H]3C[C@H](OC(=O)NC4(C)CC4)CO3)[nH]n2)on1.[HH].[HH].[HH]. The summed E-state index contributed by atoms with van der Waals surface area (Å²) in [5, 5.41) is 16.3. The van der Waals surface area contributed by atoms with Crippen LogP contribution in [0.15, 0.2) is 16.7 Å². The fourth-order valence-electron chi connectivity index (χ4n) is 3.05. The van der Waals surface area contributed by atoms with Gasteiger partial charge in [-0.2, -0.15) is 5.10 Å². The average molecular weight is 440 g/mol. The van der Waals surface area contributed by atoms with Crippen LogP contribution in [-0.2, 0) is 20.7 Å². The molecule has 2 aromatic heterocycles. The monoisotopic (exact) mass is 439 g/mol. The van der Waals surface area contributed by atoms with Crippen LogP contribution in [0.25, 0.3) is 0 Å². The highest BCUT2D eigenvalue weighted by atomic mass is 16.6. The van der Waals surface area contributed by atoms with Gasteiger partial charge in [0.25, 0.3) is 0 Å². The maximum absolute atomic E-state index is 12.1. The Kier molecular flexibility index (Phi) is 7.32. The molecule has 0 radical (unpaired) electrons. The van der Waals surface area contributed by atoms with Crippen molar-refractivity contribution in [2.24, 2.45) is 0 Å². The van der Waals surface area contributed by atoms with Gasteiger partial charge in [-0.05, 0) is 26.7 Å². The van der Waals surface area contributed by atoms with E-state index >= 15 is 0 Å². The number of hydrogen-bond acceptors (Lipinski definition) is 7. The van der Waals surface area contributed by atoms with E-state index in [-0.39, 0.29) is 34.4 Å². The molecule has 3 heterocycles. The van der Waals surface area contributed by atoms with Crippen LogP contribution in [0, 0.1) is 6.92 Å². The number of aromatic amines is 1. The van der Waals surface area contributed by atoms with Crippen molar-refractivity contribution < 1.29 is 27.9 Å². The Balaban J connectivity index is 0.00000173. The van der Waals surface area contributed by atoms with Gasteiger partial charge in [0.1, 0.15) is 18.0 Å². The number of H-pyrrole nitrogens is 1. The van der Waals surface area contributed by atoms with Crippen molar-refractivity contribution in [3.63, 3.8) is 0 Å². The number of hydrogen-bond donors (Lipinski definition) is 3. The second kappa shape index (κ2) is 9.95. The molecule has 0 spiro atoms. The Hall–Kier alpha value is -2.88. The summed E-state index contributed by atoms with van der Waals surface area (Å²) in [5.74, 6) is 0.625. The van der Waals surface area contributed by atoms with Crippen molar-refractivity contribution in [2.75, 3.05) is 11.9 Å². The number of aromatic nitrogens is 3. The first-order valence-electron chi connectivity index (χ1n) is 10.7. The van der Waals surface area contributed by atoms with Gasteiger partial charge in [0, 0.05) is 28.4 Å². The first-order chi connectivity index (χ1) is 14.8. The molecule has 2 fully saturated rings. The van der Waals surface area contributed by atoms with Crippen LogP contribution in [0.1, 0.15) is 74.0 Å². The molecular weight excluding hydrogens is 402 g/mol. The van der Waals surface area contributed by atoms with E-state index in [0.29, 0.717) is 30.3 Å². The van der Waals surface area contributed by atoms with E-state index in [0.717, 1.165) is 18.5 Å². The average Bonchev–Trinajstić information content (AvgIpc) is 3.11. The first-order valence-corrected chi connectivity index (χ1v) is 10.7. The number of amides is 2. The lowest BCUT2D eigenvalue weighted by Crippen LogP contribution is -2.37. The number of nitrogens with zero attached hydrogens (tertiary/aromatic N) is 2. The standard InChI is InChI=1S/C18H23N5O5.C3H8.3H2/c1-10-5-11(28-23-10)7-16(24)19-15-8-13(21-22-15)14-6-12(9-26-14)27-17(25)20-18(2)3-4-18;1-3-2;;;/h5,8,12,14H,3-4,6-7,9H2,1-2H3,(H,20,25)(H2,19,21,22,24);3H2,1-2H3;3*1H/t12-,14+;;;;/m0..../s1. The van der Waals surface area contributed by atoms with E-state index in [4.69, 9.17) is 14.0 Å². The van der Waals surface area contributed by atoms with Gasteiger partial charge in [-0.3, -0.25) is 9.89 Å². The second-order valence-corrected chi connectivity index (χ2v) is 8.35. The molecule has 0 aromatic carbocycles. The van der Waals surface area contributed by atoms with Gasteiger partial charge in [0.15, 0.2) is 5.82 Å². The van der Waals surface area contributed by atoms with Crippen LogP contribution in [0.3, 0.4) is 0 Å². The summed E-state index contributed by atoms with van der Waals surface area (Å²) in [7, 11) is 0. The number of rotatable bonds is 6. The third kappa shape index (κ3) is 6.81. The molecule has 176 valence electrons. The van der Waals surface area contributed by atoms with Gasteiger partial charge >= 0.3 is 6.09 Å². The van der Waals surface area contributed by atoms with E-state index in [1.165, 1.54) is 6.42 Å². The zero-order valence-electron chi connectivity index (χ0n) is 18.5. The predicted molar refractivity (Wildman–Crippen MR) is 119 cm³/mol. The Bertz CT molecular complexity index is 903. The molecule has 2 aromatic rings. The summed E-state index contributed by atoms with van der Waals surface area (Å²) < 4.78 is 16.2. The van der Waals surface area contributed by atoms with Gasteiger partial charge in [-0.15, -0.1) is 0 Å². The number of carbonyl (C=O) groups is 2. The second-order valence-electron chi connectivity index (χ2n) is 8.35. The summed E-state index contributed by atoms with van der Waals surface area (Å²) in [6, 6.07) is 3.42. The van der Waals surface area contributed by atoms with Crippen molar-refractivity contribution in [1.82, 2.24) is 20.7 Å². The predicted octanol–water partition coefficient (Wildman–Crippen LogP) is 4.15. The van der Waals surface area contributed by atoms with Gasteiger partial charge in [-0.1, -0.05) is 25.4 Å². The fourth-order valence-corrected chi connectivity index (χ4v) is 3.05. The normalized spacial score (nSPS) is 21.0. The third-order valence-electron chi connectivity index (χ3n) is 4.86. The maximum atomic E-state index is 12.1. The number of aryl methyl sites for hydroxylation is 1. The Morgan fingerprint density at radius 1 is 1.35 bits per heavy atom. The molecule has 2 atom stereocenters. The highest BCUT2D eigenvalue weighted by molar-refractivity contribution is 5.91. The molecule has 0 unspecified atom stereocenters. The Labute approximate surface area is 185 Å². The minimum absolute atomic E-state index is 0. The van der Waals surface area contributed by atoms with Crippen LogP contribution in [0.4, 0.5) is 10.6 Å². The van der Waals surface area contributed by atoms with E-state index in [9.17, 15) is 9.59 Å². The number of anilines is 1. The van der Waals surface area contributed by atoms with Crippen LogP contribution < -0.4 is 10.6 Å². The number of carbonyl (C=O) groups excluding carboxylic acids is 2. The highest BCUT2D eigenvalue weighted by Gasteiger charge is 2.40. The van der Waals surface area contributed by atoms with Crippen molar-refractivity contribution in [3.05, 3.63) is 29.3 Å². The van der Waals surface area contributed by atoms with E-state index in [1.54, 1.807) is 19.1 Å². The van der Waals surface area contributed by atoms with Crippen LogP contribution in [-0.4, -0.2) is 45.6 Å². The fraction of sp³-hybridized carbons (Fsp3) is 0.619. The van der Waals surface area contributed by atoms with Gasteiger partial charge in [-0.25, -0.2) is 4.79 Å². The first kappa shape index (κ1) is 22.8. The summed E-state index contributed by atoms with van der Waals surface area (Å²) in [4.78, 5) is 24.0. The molecule has 10 heteroatoms. The molecule has 2 amide bonds. The molecule has 2 aliphatic rings. The molecular formula is C21H37N5O5. The number of alkyl carbamates (subject to hydrolysis) is 1. The molecule has 10 nitrogen and oxygen atoms in total. The molecule has 3 N–H and O–H groups in total. The van der Waals surface area contributed by atoms with Gasteiger partial charge in [0.05, 0.1) is 24.4 Å². The lowest BCUT2D eigenvalue weighted by atomic mass is 10.1. The van der Waals surface area contributed by atoms with Crippen LogP contribution >= 0.6 is 0 Å². The molecule has 1 saturated carbocycles. The summed E-state index contributed by atoms with van der Waals surface area (Å²) in [6.07, 6.45) is 2.81. The Morgan fingerprint density at radius 2 is 2.10 bits per heavy atom. The van der Waals surface area contributed by atoms with Crippen molar-refractivity contribution in [2.45, 2.75) is 77.5 Å². The molecule has 0 bridgehead atoms. The molecule has 31 heavy (non-hydrogen) atoms. The minimum Gasteiger partial charge on any atom is -0.444 e. The van der Waals surface area contributed by atoms with Crippen LogP contribution in [0.5, 0.6) is 0 Å². The van der Waals surface area contributed by atoms with Gasteiger partial charge in [0.2, 0.25) is 5.91 Å². The van der Waals surface area contributed by atoms with Crippen molar-refractivity contribution >= 4 is 17.8 Å². The van der Waals surface area contributed by atoms with E-state index < -0.39 is 6.09 Å². The zero-order valence-corrected chi connectivity index (χ0v) is 18.5. The minimum atomic E-state index is -0.408. The Morgan fingerprint density at radius 3 is 2.74 bits per heavy atom. The lowest BCUT2D eigenvalue weighted by Gasteiger charge is -2.15. The molecule has 1 saturated heterocycles. The van der Waals surface area contributed by atoms with E-state index in [2.05, 4.69) is 39.8 Å². The van der Waals surface area contributed by atoms with Crippen LogP contribution in [0.2, 0.25) is 0 Å². The molecule has 1 aliphatic heterocycles. The largest absolute Gasteiger partial charge is 0.444 e. The van der Waals surface area contributed by atoms with Crippen molar-refractivity contribution in [3.8, 4) is 0 Å². The smallest absolute Gasteiger partial charge is 0.407 e.